The fourth-order valence-electron chi connectivity index (χ4n) is 3.05. The van der Waals surface area contributed by atoms with E-state index < -0.39 is 5.91 Å². The van der Waals surface area contributed by atoms with E-state index in [1.807, 2.05) is 13.0 Å². The molecule has 1 aliphatic carbocycles. The van der Waals surface area contributed by atoms with E-state index in [1.165, 1.54) is 11.3 Å². The van der Waals surface area contributed by atoms with Gasteiger partial charge in [-0.1, -0.05) is 15.9 Å². The summed E-state index contributed by atoms with van der Waals surface area (Å²) in [6, 6.07) is 5.27. The van der Waals surface area contributed by atoms with Crippen LogP contribution in [0.5, 0.6) is 5.75 Å². The molecule has 0 fully saturated rings. The third kappa shape index (κ3) is 3.72. The van der Waals surface area contributed by atoms with Gasteiger partial charge in [-0.3, -0.25) is 9.59 Å². The zero-order chi connectivity index (χ0) is 18.0. The molecule has 1 aliphatic rings. The van der Waals surface area contributed by atoms with Crippen molar-refractivity contribution in [2.45, 2.75) is 32.6 Å². The molecule has 3 rings (SSSR count). The Morgan fingerprint density at radius 1 is 1.32 bits per heavy atom. The Hall–Kier alpha value is -1.86. The highest BCUT2D eigenvalue weighted by molar-refractivity contribution is 9.10. The second-order valence-electron chi connectivity index (χ2n) is 5.81. The van der Waals surface area contributed by atoms with Crippen molar-refractivity contribution >= 4 is 44.1 Å². The van der Waals surface area contributed by atoms with Crippen LogP contribution in [0.15, 0.2) is 22.7 Å². The molecular weight excluding hydrogens is 404 g/mol. The van der Waals surface area contributed by atoms with E-state index >= 15 is 0 Å². The van der Waals surface area contributed by atoms with Gasteiger partial charge in [-0.25, -0.2) is 0 Å². The minimum Gasteiger partial charge on any atom is -0.493 e. The predicted molar refractivity (Wildman–Crippen MR) is 103 cm³/mol. The smallest absolute Gasteiger partial charge is 0.260 e. The number of nitrogens with two attached hydrogens (primary N) is 1. The highest BCUT2D eigenvalue weighted by atomic mass is 79.9. The first-order valence-electron chi connectivity index (χ1n) is 8.19. The molecule has 0 spiro atoms. The van der Waals surface area contributed by atoms with Gasteiger partial charge in [0.05, 0.1) is 17.7 Å². The van der Waals surface area contributed by atoms with Crippen LogP contribution in [0, 0.1) is 0 Å². The summed E-state index contributed by atoms with van der Waals surface area (Å²) in [5, 5.41) is 3.40. The van der Waals surface area contributed by atoms with Gasteiger partial charge in [-0.05, 0) is 56.4 Å². The van der Waals surface area contributed by atoms with Crippen LogP contribution in [0.2, 0.25) is 0 Å². The molecule has 5 nitrogen and oxygen atoms in total. The van der Waals surface area contributed by atoms with Crippen molar-refractivity contribution in [3.63, 3.8) is 0 Å². The van der Waals surface area contributed by atoms with Gasteiger partial charge in [0.15, 0.2) is 0 Å². The van der Waals surface area contributed by atoms with Crippen molar-refractivity contribution in [3.05, 3.63) is 44.2 Å². The summed E-state index contributed by atoms with van der Waals surface area (Å²) in [4.78, 5) is 25.9. The first kappa shape index (κ1) is 17.9. The summed E-state index contributed by atoms with van der Waals surface area (Å²) in [7, 11) is 0. The highest BCUT2D eigenvalue weighted by Gasteiger charge is 2.25. The summed E-state index contributed by atoms with van der Waals surface area (Å²) in [6.45, 7) is 2.32. The highest BCUT2D eigenvalue weighted by Crippen LogP contribution is 2.38. The molecule has 0 aliphatic heterocycles. The number of carbonyl (C=O) groups is 2. The minimum atomic E-state index is -0.492. The normalized spacial score (nSPS) is 13.2. The third-order valence-electron chi connectivity index (χ3n) is 4.13. The van der Waals surface area contributed by atoms with Gasteiger partial charge in [-0.2, -0.15) is 0 Å². The molecule has 3 N–H and O–H groups in total. The summed E-state index contributed by atoms with van der Waals surface area (Å²) in [5.74, 6) is -0.301. The molecule has 1 aromatic carbocycles. The lowest BCUT2D eigenvalue weighted by Gasteiger charge is -2.12. The molecule has 0 atom stereocenters. The summed E-state index contributed by atoms with van der Waals surface area (Å²) >= 11 is 4.83. The fraction of sp³-hybridized carbons (Fsp3) is 0.333. The van der Waals surface area contributed by atoms with Crippen molar-refractivity contribution < 1.29 is 14.3 Å². The van der Waals surface area contributed by atoms with E-state index in [4.69, 9.17) is 10.5 Å². The molecule has 25 heavy (non-hydrogen) atoms. The molecule has 0 unspecified atom stereocenters. The first-order valence-corrected chi connectivity index (χ1v) is 9.80. The molecule has 0 saturated heterocycles. The minimum absolute atomic E-state index is 0.314. The number of aryl methyl sites for hydroxylation is 1. The second-order valence-corrected chi connectivity index (χ2v) is 7.83. The number of benzene rings is 1. The van der Waals surface area contributed by atoms with Crippen LogP contribution in [0.4, 0.5) is 5.00 Å². The number of fused-ring (bicyclic) bond motifs is 1. The summed E-state index contributed by atoms with van der Waals surface area (Å²) in [5.41, 5.74) is 7.46. The number of hydrogen-bond acceptors (Lipinski definition) is 4. The number of hydrogen-bond donors (Lipinski definition) is 2. The standard InChI is InChI=1S/C18H19BrN2O3S/c1-2-24-13-8-7-10(19)9-12(13)17(23)21-18-15(16(20)22)11-5-3-4-6-14(11)25-18/h7-9H,2-6H2,1H3,(H2,20,22)(H,21,23). The first-order chi connectivity index (χ1) is 12.0. The van der Waals surface area contributed by atoms with Crippen LogP contribution in [0.25, 0.3) is 0 Å². The van der Waals surface area contributed by atoms with Crippen molar-refractivity contribution in [2.75, 3.05) is 11.9 Å². The molecule has 0 bridgehead atoms. The largest absolute Gasteiger partial charge is 0.493 e. The zero-order valence-corrected chi connectivity index (χ0v) is 16.3. The second kappa shape index (κ2) is 7.58. The molecule has 7 heteroatoms. The molecule has 1 aromatic heterocycles. The van der Waals surface area contributed by atoms with Gasteiger partial charge < -0.3 is 15.8 Å². The Morgan fingerprint density at radius 3 is 2.80 bits per heavy atom. The number of thiophene rings is 1. The van der Waals surface area contributed by atoms with E-state index in [9.17, 15) is 9.59 Å². The van der Waals surface area contributed by atoms with Crippen LogP contribution >= 0.6 is 27.3 Å². The molecule has 2 amide bonds. The molecule has 0 saturated carbocycles. The number of halogens is 1. The van der Waals surface area contributed by atoms with Crippen molar-refractivity contribution in [1.29, 1.82) is 0 Å². The maximum Gasteiger partial charge on any atom is 0.260 e. The molecule has 132 valence electrons. The lowest BCUT2D eigenvalue weighted by atomic mass is 9.95. The molecular formula is C18H19BrN2O3S. The number of carbonyl (C=O) groups excluding carboxylic acids is 2. The summed E-state index contributed by atoms with van der Waals surface area (Å²) < 4.78 is 6.32. The summed E-state index contributed by atoms with van der Waals surface area (Å²) in [6.07, 6.45) is 3.90. The number of rotatable bonds is 5. The fourth-order valence-corrected chi connectivity index (χ4v) is 4.70. The molecule has 2 aromatic rings. The van der Waals surface area contributed by atoms with Gasteiger partial charge in [-0.15, -0.1) is 11.3 Å². The SMILES string of the molecule is CCOc1ccc(Br)cc1C(=O)Nc1sc2c(c1C(N)=O)CCCC2. The Labute approximate surface area is 158 Å². The maximum absolute atomic E-state index is 12.8. The van der Waals surface area contributed by atoms with Crippen LogP contribution in [-0.2, 0) is 12.8 Å². The zero-order valence-electron chi connectivity index (χ0n) is 13.9. The van der Waals surface area contributed by atoms with E-state index in [-0.39, 0.29) is 5.91 Å². The molecule has 1 heterocycles. The number of primary amides is 1. The number of nitrogens with one attached hydrogen (secondary N) is 1. The Balaban J connectivity index is 1.95. The predicted octanol–water partition coefficient (Wildman–Crippen LogP) is 4.14. The van der Waals surface area contributed by atoms with Crippen molar-refractivity contribution in [1.82, 2.24) is 0 Å². The van der Waals surface area contributed by atoms with E-state index in [0.29, 0.717) is 28.5 Å². The average Bonchev–Trinajstić information content (AvgIpc) is 2.94. The Bertz CT molecular complexity index is 832. The van der Waals surface area contributed by atoms with Gasteiger partial charge in [0, 0.05) is 9.35 Å². The topological polar surface area (TPSA) is 81.4 Å². The van der Waals surface area contributed by atoms with E-state index in [1.54, 1.807) is 12.1 Å². The van der Waals surface area contributed by atoms with Crippen LogP contribution in [0.3, 0.4) is 0 Å². The van der Waals surface area contributed by atoms with Crippen molar-refractivity contribution in [3.8, 4) is 5.75 Å². The third-order valence-corrected chi connectivity index (χ3v) is 5.83. The van der Waals surface area contributed by atoms with Gasteiger partial charge in [0.25, 0.3) is 11.8 Å². The van der Waals surface area contributed by atoms with E-state index in [2.05, 4.69) is 21.2 Å². The van der Waals surface area contributed by atoms with Crippen LogP contribution in [0.1, 0.15) is 50.9 Å². The lowest BCUT2D eigenvalue weighted by Crippen LogP contribution is -2.19. The Kier molecular flexibility index (Phi) is 5.44. The molecule has 0 radical (unpaired) electrons. The van der Waals surface area contributed by atoms with Crippen LogP contribution in [-0.4, -0.2) is 18.4 Å². The monoisotopic (exact) mass is 422 g/mol. The van der Waals surface area contributed by atoms with E-state index in [0.717, 1.165) is 40.6 Å². The quantitative estimate of drug-likeness (QED) is 0.759. The number of amides is 2. The van der Waals surface area contributed by atoms with Gasteiger partial charge >= 0.3 is 0 Å². The Morgan fingerprint density at radius 2 is 2.08 bits per heavy atom. The maximum atomic E-state index is 12.8. The van der Waals surface area contributed by atoms with Gasteiger partial charge in [0.2, 0.25) is 0 Å². The number of anilines is 1. The average molecular weight is 423 g/mol. The lowest BCUT2D eigenvalue weighted by molar-refractivity contribution is 0.100. The van der Waals surface area contributed by atoms with Gasteiger partial charge in [0.1, 0.15) is 10.8 Å². The number of ether oxygens (including phenoxy) is 1. The van der Waals surface area contributed by atoms with Crippen LogP contribution < -0.4 is 15.8 Å². The van der Waals surface area contributed by atoms with Crippen molar-refractivity contribution in [2.24, 2.45) is 5.73 Å².